The van der Waals surface area contributed by atoms with Gasteiger partial charge < -0.3 is 4.74 Å². The van der Waals surface area contributed by atoms with Gasteiger partial charge in [-0.1, -0.05) is 30.3 Å². The summed E-state index contributed by atoms with van der Waals surface area (Å²) in [5, 5.41) is 0. The topological polar surface area (TPSA) is 29.5 Å². The van der Waals surface area contributed by atoms with E-state index in [1.165, 1.54) is 12.5 Å². The lowest BCUT2D eigenvalue weighted by molar-refractivity contribution is -0.145. The van der Waals surface area contributed by atoms with Crippen LogP contribution in [0.15, 0.2) is 30.3 Å². The zero-order chi connectivity index (χ0) is 12.1. The Hall–Kier alpha value is -1.35. The highest BCUT2D eigenvalue weighted by atomic mass is 16.5. The Balaban J connectivity index is 1.73. The average molecular weight is 233 g/mol. The van der Waals surface area contributed by atoms with Crippen molar-refractivity contribution < 1.29 is 9.53 Å². The van der Waals surface area contributed by atoms with Crippen LogP contribution in [0.5, 0.6) is 0 Å². The van der Waals surface area contributed by atoms with Gasteiger partial charge in [-0.2, -0.15) is 0 Å². The molecule has 1 heterocycles. The van der Waals surface area contributed by atoms with Crippen LogP contribution >= 0.6 is 0 Å². The maximum atomic E-state index is 10.8. The molecule has 1 saturated heterocycles. The fourth-order valence-electron chi connectivity index (χ4n) is 2.26. The molecule has 0 N–H and O–H groups in total. The minimum Gasteiger partial charge on any atom is -0.461 e. The van der Waals surface area contributed by atoms with Crippen molar-refractivity contribution in [2.75, 3.05) is 19.6 Å². The van der Waals surface area contributed by atoms with E-state index in [9.17, 15) is 4.79 Å². The molecule has 0 aliphatic carbocycles. The molecule has 1 aliphatic heterocycles. The lowest BCUT2D eigenvalue weighted by Crippen LogP contribution is -2.26. The molecule has 1 atom stereocenters. The van der Waals surface area contributed by atoms with E-state index in [0.29, 0.717) is 0 Å². The van der Waals surface area contributed by atoms with Crippen molar-refractivity contribution in [2.45, 2.75) is 25.9 Å². The largest absolute Gasteiger partial charge is 0.461 e. The fourth-order valence-corrected chi connectivity index (χ4v) is 2.26. The summed E-state index contributed by atoms with van der Waals surface area (Å²) in [5.74, 6) is -0.167. The molecule has 0 amide bonds. The summed E-state index contributed by atoms with van der Waals surface area (Å²) in [7, 11) is 0. The number of ether oxygens (including phenoxy) is 1. The highest BCUT2D eigenvalue weighted by molar-refractivity contribution is 5.66. The number of nitrogens with zero attached hydrogens (tertiary/aromatic N) is 1. The van der Waals surface area contributed by atoms with Gasteiger partial charge >= 0.3 is 5.97 Å². The second-order valence-corrected chi connectivity index (χ2v) is 4.56. The quantitative estimate of drug-likeness (QED) is 0.743. The van der Waals surface area contributed by atoms with E-state index in [2.05, 4.69) is 29.2 Å². The third kappa shape index (κ3) is 3.86. The summed E-state index contributed by atoms with van der Waals surface area (Å²) in [6.07, 6.45) is 2.13. The lowest BCUT2D eigenvalue weighted by atomic mass is 10.1. The molecule has 3 heteroatoms. The summed E-state index contributed by atoms with van der Waals surface area (Å²) < 4.78 is 5.21. The number of hydrogen-bond acceptors (Lipinski definition) is 3. The van der Waals surface area contributed by atoms with Gasteiger partial charge in [0.25, 0.3) is 0 Å². The van der Waals surface area contributed by atoms with Crippen molar-refractivity contribution in [1.29, 1.82) is 0 Å². The molecule has 1 aliphatic rings. The highest BCUT2D eigenvalue weighted by Gasteiger charge is 2.23. The number of esters is 1. The SMILES string of the molecule is CC(=O)OC1CCN(CCc2ccccc2)C1. The minimum absolute atomic E-state index is 0.100. The van der Waals surface area contributed by atoms with Crippen molar-refractivity contribution in [3.63, 3.8) is 0 Å². The van der Waals surface area contributed by atoms with Crippen LogP contribution in [0.4, 0.5) is 0 Å². The summed E-state index contributed by atoms with van der Waals surface area (Å²) in [5.41, 5.74) is 1.36. The lowest BCUT2D eigenvalue weighted by Gasteiger charge is -2.15. The van der Waals surface area contributed by atoms with Gasteiger partial charge in [0.1, 0.15) is 6.10 Å². The van der Waals surface area contributed by atoms with E-state index in [1.807, 2.05) is 6.07 Å². The minimum atomic E-state index is -0.167. The maximum absolute atomic E-state index is 10.8. The second kappa shape index (κ2) is 5.82. The zero-order valence-electron chi connectivity index (χ0n) is 10.3. The van der Waals surface area contributed by atoms with Gasteiger partial charge in [0, 0.05) is 26.6 Å². The van der Waals surface area contributed by atoms with Gasteiger partial charge in [0.15, 0.2) is 0 Å². The van der Waals surface area contributed by atoms with Crippen LogP contribution in [0.25, 0.3) is 0 Å². The Kier molecular flexibility index (Phi) is 4.15. The van der Waals surface area contributed by atoms with Crippen molar-refractivity contribution >= 4 is 5.97 Å². The Morgan fingerprint density at radius 1 is 1.41 bits per heavy atom. The molecule has 1 aromatic carbocycles. The average Bonchev–Trinajstić information content (AvgIpc) is 2.75. The fraction of sp³-hybridized carbons (Fsp3) is 0.500. The third-order valence-corrected chi connectivity index (χ3v) is 3.12. The smallest absolute Gasteiger partial charge is 0.302 e. The normalized spacial score (nSPS) is 20.4. The molecule has 1 aromatic rings. The molecule has 1 fully saturated rings. The van der Waals surface area contributed by atoms with Gasteiger partial charge in [-0.25, -0.2) is 0 Å². The van der Waals surface area contributed by atoms with Crippen LogP contribution in [-0.4, -0.2) is 36.6 Å². The second-order valence-electron chi connectivity index (χ2n) is 4.56. The zero-order valence-corrected chi connectivity index (χ0v) is 10.3. The van der Waals surface area contributed by atoms with Crippen molar-refractivity contribution in [2.24, 2.45) is 0 Å². The van der Waals surface area contributed by atoms with E-state index in [4.69, 9.17) is 4.74 Å². The van der Waals surface area contributed by atoms with E-state index < -0.39 is 0 Å². The molecule has 0 aromatic heterocycles. The predicted molar refractivity (Wildman–Crippen MR) is 66.8 cm³/mol. The Bertz CT molecular complexity index is 364. The van der Waals surface area contributed by atoms with Gasteiger partial charge in [0.2, 0.25) is 0 Å². The molecular formula is C14H19NO2. The monoisotopic (exact) mass is 233 g/mol. The van der Waals surface area contributed by atoms with Crippen LogP contribution in [0.2, 0.25) is 0 Å². The molecule has 3 nitrogen and oxygen atoms in total. The van der Waals surface area contributed by atoms with Crippen LogP contribution in [0.1, 0.15) is 18.9 Å². The van der Waals surface area contributed by atoms with E-state index in [-0.39, 0.29) is 12.1 Å². The van der Waals surface area contributed by atoms with Gasteiger partial charge in [-0.15, -0.1) is 0 Å². The number of carbonyl (C=O) groups is 1. The number of likely N-dealkylation sites (tertiary alicyclic amines) is 1. The van der Waals surface area contributed by atoms with Gasteiger partial charge in [-0.05, 0) is 18.4 Å². The first-order valence-electron chi connectivity index (χ1n) is 6.17. The Morgan fingerprint density at radius 2 is 2.18 bits per heavy atom. The van der Waals surface area contributed by atoms with Crippen molar-refractivity contribution in [3.05, 3.63) is 35.9 Å². The summed E-state index contributed by atoms with van der Waals surface area (Å²) >= 11 is 0. The van der Waals surface area contributed by atoms with Crippen LogP contribution in [0.3, 0.4) is 0 Å². The maximum Gasteiger partial charge on any atom is 0.302 e. The van der Waals surface area contributed by atoms with Crippen molar-refractivity contribution in [3.8, 4) is 0 Å². The molecule has 0 spiro atoms. The number of hydrogen-bond donors (Lipinski definition) is 0. The number of rotatable bonds is 4. The standard InChI is InChI=1S/C14H19NO2/c1-12(16)17-14-8-10-15(11-14)9-7-13-5-3-2-4-6-13/h2-6,14H,7-11H2,1H3. The van der Waals surface area contributed by atoms with Crippen molar-refractivity contribution in [1.82, 2.24) is 4.90 Å². The summed E-state index contributed by atoms with van der Waals surface area (Å²) in [4.78, 5) is 13.2. The Morgan fingerprint density at radius 3 is 2.88 bits per heavy atom. The first kappa shape index (κ1) is 12.1. The molecule has 0 bridgehead atoms. The first-order valence-corrected chi connectivity index (χ1v) is 6.17. The van der Waals surface area contributed by atoms with Crippen LogP contribution in [-0.2, 0) is 16.0 Å². The van der Waals surface area contributed by atoms with Crippen LogP contribution < -0.4 is 0 Å². The molecule has 1 unspecified atom stereocenters. The third-order valence-electron chi connectivity index (χ3n) is 3.12. The van der Waals surface area contributed by atoms with Crippen LogP contribution in [0, 0.1) is 0 Å². The molecular weight excluding hydrogens is 214 g/mol. The molecule has 0 radical (unpaired) electrons. The predicted octanol–water partition coefficient (Wildman–Crippen LogP) is 1.87. The first-order chi connectivity index (χ1) is 8.24. The van der Waals surface area contributed by atoms with Gasteiger partial charge in [-0.3, -0.25) is 9.69 Å². The van der Waals surface area contributed by atoms with E-state index >= 15 is 0 Å². The molecule has 2 rings (SSSR count). The number of benzene rings is 1. The summed E-state index contributed by atoms with van der Waals surface area (Å²) in [6, 6.07) is 10.5. The molecule has 17 heavy (non-hydrogen) atoms. The molecule has 0 saturated carbocycles. The number of carbonyl (C=O) groups excluding carboxylic acids is 1. The van der Waals surface area contributed by atoms with E-state index in [0.717, 1.165) is 32.5 Å². The van der Waals surface area contributed by atoms with E-state index in [1.54, 1.807) is 0 Å². The van der Waals surface area contributed by atoms with Gasteiger partial charge in [0.05, 0.1) is 0 Å². The molecule has 92 valence electrons. The summed E-state index contributed by atoms with van der Waals surface area (Å²) in [6.45, 7) is 4.44. The Labute approximate surface area is 102 Å². The highest BCUT2D eigenvalue weighted by Crippen LogP contribution is 2.13.